The zero-order valence-electron chi connectivity index (χ0n) is 10.5. The van der Waals surface area contributed by atoms with Gasteiger partial charge in [-0.2, -0.15) is 18.2 Å². The third kappa shape index (κ3) is 2.51. The van der Waals surface area contributed by atoms with Crippen molar-refractivity contribution in [1.82, 2.24) is 14.7 Å². The van der Waals surface area contributed by atoms with Crippen LogP contribution in [0.25, 0.3) is 0 Å². The van der Waals surface area contributed by atoms with E-state index in [1.807, 2.05) is 0 Å². The molecular formula is C11H10F3N3O3. The van der Waals surface area contributed by atoms with Crippen LogP contribution in [0.2, 0.25) is 0 Å². The van der Waals surface area contributed by atoms with Crippen LogP contribution >= 0.6 is 0 Å². The van der Waals surface area contributed by atoms with Gasteiger partial charge in [0.1, 0.15) is 11.4 Å². The van der Waals surface area contributed by atoms with Gasteiger partial charge in [0.05, 0.1) is 6.54 Å². The van der Waals surface area contributed by atoms with E-state index in [4.69, 9.17) is 5.11 Å². The van der Waals surface area contributed by atoms with Crippen molar-refractivity contribution in [3.05, 3.63) is 34.7 Å². The van der Waals surface area contributed by atoms with Crippen LogP contribution in [0.3, 0.4) is 0 Å². The number of alkyl halides is 3. The summed E-state index contributed by atoms with van der Waals surface area (Å²) < 4.78 is 44.1. The van der Waals surface area contributed by atoms with Gasteiger partial charge in [-0.15, -0.1) is 0 Å². The molecule has 0 atom stereocenters. The molecule has 0 radical (unpaired) electrons. The van der Waals surface area contributed by atoms with Gasteiger partial charge >= 0.3 is 12.1 Å². The summed E-state index contributed by atoms with van der Waals surface area (Å²) in [7, 11) is 0. The molecule has 0 aliphatic heterocycles. The van der Waals surface area contributed by atoms with Crippen LogP contribution in [-0.2, 0) is 12.7 Å². The van der Waals surface area contributed by atoms with Gasteiger partial charge < -0.3 is 14.2 Å². The van der Waals surface area contributed by atoms with Crippen molar-refractivity contribution in [3.63, 3.8) is 0 Å². The van der Waals surface area contributed by atoms with Crippen LogP contribution in [0.15, 0.2) is 10.6 Å². The molecule has 0 bridgehead atoms. The highest BCUT2D eigenvalue weighted by molar-refractivity contribution is 5.88. The Morgan fingerprint density at radius 3 is 2.55 bits per heavy atom. The van der Waals surface area contributed by atoms with E-state index >= 15 is 0 Å². The maximum atomic E-state index is 12.9. The summed E-state index contributed by atoms with van der Waals surface area (Å²) in [5.74, 6) is -1.28. The number of aryl methyl sites for hydroxylation is 2. The van der Waals surface area contributed by atoms with Crippen LogP contribution in [0, 0.1) is 13.8 Å². The fraction of sp³-hybridized carbons (Fsp3) is 0.364. The lowest BCUT2D eigenvalue weighted by Crippen LogP contribution is -2.19. The summed E-state index contributed by atoms with van der Waals surface area (Å²) in [5.41, 5.74) is -1.49. The number of rotatable bonds is 3. The third-order valence-electron chi connectivity index (χ3n) is 2.65. The normalized spacial score (nSPS) is 11.8. The van der Waals surface area contributed by atoms with Crippen molar-refractivity contribution >= 4 is 5.97 Å². The van der Waals surface area contributed by atoms with Crippen molar-refractivity contribution in [2.24, 2.45) is 0 Å². The Hall–Kier alpha value is -2.32. The minimum Gasteiger partial charge on any atom is -0.477 e. The average molecular weight is 289 g/mol. The number of hydrogen-bond donors (Lipinski definition) is 1. The third-order valence-corrected chi connectivity index (χ3v) is 2.65. The van der Waals surface area contributed by atoms with Crippen LogP contribution in [0.5, 0.6) is 0 Å². The number of nitrogens with zero attached hydrogens (tertiary/aromatic N) is 3. The molecule has 2 aromatic rings. The minimum absolute atomic E-state index is 0.0186. The molecule has 6 nitrogen and oxygen atoms in total. The van der Waals surface area contributed by atoms with Gasteiger partial charge in [-0.1, -0.05) is 5.16 Å². The highest BCUT2D eigenvalue weighted by Gasteiger charge is 2.37. The van der Waals surface area contributed by atoms with Crippen LogP contribution in [0.1, 0.15) is 33.5 Å². The van der Waals surface area contributed by atoms with Crippen molar-refractivity contribution in [1.29, 1.82) is 0 Å². The predicted octanol–water partition coefficient (Wildman–Crippen LogP) is 2.25. The van der Waals surface area contributed by atoms with Gasteiger partial charge in [0.25, 0.3) is 0 Å². The molecule has 0 aromatic carbocycles. The summed E-state index contributed by atoms with van der Waals surface area (Å²) in [6.45, 7) is 2.36. The molecule has 0 spiro atoms. The van der Waals surface area contributed by atoms with E-state index in [0.29, 0.717) is 4.57 Å². The summed E-state index contributed by atoms with van der Waals surface area (Å²) in [5, 5.41) is 12.5. The van der Waals surface area contributed by atoms with Crippen LogP contribution in [0.4, 0.5) is 13.2 Å². The van der Waals surface area contributed by atoms with Gasteiger partial charge in [-0.25, -0.2) is 4.79 Å². The molecule has 0 saturated carbocycles. The van der Waals surface area contributed by atoms with E-state index in [0.717, 1.165) is 6.07 Å². The van der Waals surface area contributed by atoms with Gasteiger partial charge in [-0.3, -0.25) is 0 Å². The number of carboxylic acids is 1. The summed E-state index contributed by atoms with van der Waals surface area (Å²) in [4.78, 5) is 14.9. The first-order chi connectivity index (χ1) is 9.20. The zero-order chi connectivity index (χ0) is 15.1. The SMILES string of the molecule is Cc1nc(Cn2c(C(F)(F)F)cc(C)c2C(=O)O)no1. The molecule has 1 N–H and O–H groups in total. The van der Waals surface area contributed by atoms with E-state index in [9.17, 15) is 18.0 Å². The number of aromatic nitrogens is 3. The molecule has 0 amide bonds. The van der Waals surface area contributed by atoms with Crippen molar-refractivity contribution in [2.75, 3.05) is 0 Å². The van der Waals surface area contributed by atoms with Gasteiger partial charge in [-0.05, 0) is 18.6 Å². The number of halogens is 3. The number of hydrogen-bond acceptors (Lipinski definition) is 4. The predicted molar refractivity (Wildman–Crippen MR) is 59.3 cm³/mol. The van der Waals surface area contributed by atoms with Gasteiger partial charge in [0.15, 0.2) is 5.82 Å². The first-order valence-electron chi connectivity index (χ1n) is 5.50. The summed E-state index contributed by atoms with van der Waals surface area (Å²) in [6.07, 6.45) is -4.67. The molecule has 0 saturated heterocycles. The Kier molecular flexibility index (Phi) is 3.28. The summed E-state index contributed by atoms with van der Waals surface area (Å²) in [6, 6.07) is 0.788. The van der Waals surface area contributed by atoms with Crippen LogP contribution in [-0.4, -0.2) is 25.8 Å². The fourth-order valence-corrected chi connectivity index (χ4v) is 1.91. The second-order valence-corrected chi connectivity index (χ2v) is 4.18. The Morgan fingerprint density at radius 1 is 1.45 bits per heavy atom. The van der Waals surface area contributed by atoms with E-state index in [1.165, 1.54) is 13.8 Å². The van der Waals surface area contributed by atoms with Crippen molar-refractivity contribution in [2.45, 2.75) is 26.6 Å². The van der Waals surface area contributed by atoms with E-state index < -0.39 is 30.1 Å². The topological polar surface area (TPSA) is 81.2 Å². The maximum absolute atomic E-state index is 12.9. The highest BCUT2D eigenvalue weighted by Crippen LogP contribution is 2.33. The number of carboxylic acid groups (broad SMARTS) is 1. The molecule has 9 heteroatoms. The lowest BCUT2D eigenvalue weighted by atomic mass is 10.2. The zero-order valence-corrected chi connectivity index (χ0v) is 10.5. The molecule has 0 fully saturated rings. The molecule has 2 rings (SSSR count). The molecule has 0 aliphatic carbocycles. The Labute approximate surface area is 110 Å². The van der Waals surface area contributed by atoms with Crippen molar-refractivity contribution < 1.29 is 27.6 Å². The summed E-state index contributed by atoms with van der Waals surface area (Å²) >= 11 is 0. The number of aromatic carboxylic acids is 1. The molecule has 2 aromatic heterocycles. The van der Waals surface area contributed by atoms with E-state index in [1.54, 1.807) is 0 Å². The Bertz CT molecular complexity index is 658. The first kappa shape index (κ1) is 14.1. The van der Waals surface area contributed by atoms with Gasteiger partial charge in [0, 0.05) is 6.92 Å². The average Bonchev–Trinajstić information content (AvgIpc) is 2.82. The molecule has 0 unspecified atom stereocenters. The first-order valence-corrected chi connectivity index (χ1v) is 5.50. The van der Waals surface area contributed by atoms with Crippen molar-refractivity contribution in [3.8, 4) is 0 Å². The molecule has 108 valence electrons. The Balaban J connectivity index is 2.55. The standard InChI is InChI=1S/C11H10F3N3O3/c1-5-3-7(11(12,13)14)17(9(5)10(18)19)4-8-15-6(2)20-16-8/h3H,4H2,1-2H3,(H,18,19). The quantitative estimate of drug-likeness (QED) is 0.937. The highest BCUT2D eigenvalue weighted by atomic mass is 19.4. The number of carbonyl (C=O) groups is 1. The minimum atomic E-state index is -4.67. The molecule has 0 aliphatic rings. The molecular weight excluding hydrogens is 279 g/mol. The smallest absolute Gasteiger partial charge is 0.431 e. The molecule has 2 heterocycles. The molecule has 20 heavy (non-hydrogen) atoms. The second-order valence-electron chi connectivity index (χ2n) is 4.18. The second kappa shape index (κ2) is 4.66. The lowest BCUT2D eigenvalue weighted by Gasteiger charge is -2.12. The van der Waals surface area contributed by atoms with E-state index in [2.05, 4.69) is 14.7 Å². The monoisotopic (exact) mass is 289 g/mol. The van der Waals surface area contributed by atoms with E-state index in [-0.39, 0.29) is 17.3 Å². The fourth-order valence-electron chi connectivity index (χ4n) is 1.91. The van der Waals surface area contributed by atoms with Crippen LogP contribution < -0.4 is 0 Å². The lowest BCUT2D eigenvalue weighted by molar-refractivity contribution is -0.143. The maximum Gasteiger partial charge on any atom is 0.431 e. The largest absolute Gasteiger partial charge is 0.477 e. The Morgan fingerprint density at radius 2 is 2.10 bits per heavy atom. The van der Waals surface area contributed by atoms with Gasteiger partial charge in [0.2, 0.25) is 5.89 Å².